The molecule has 4 rings (SSSR count). The molecule has 2 atom stereocenters. The highest BCUT2D eigenvalue weighted by molar-refractivity contribution is 6.28. The molecule has 1 aliphatic heterocycles. The Balaban J connectivity index is 1.80. The smallest absolute Gasteiger partial charge is 0.255 e. The van der Waals surface area contributed by atoms with Crippen LogP contribution in [0.25, 0.3) is 5.95 Å². The molecule has 2 aromatic heterocycles. The molecular formula is C14H11ClFN5. The summed E-state index contributed by atoms with van der Waals surface area (Å²) in [6.45, 7) is 0. The Kier molecular flexibility index (Phi) is 2.78. The number of nitrogens with zero attached hydrogens (tertiary/aromatic N) is 5. The number of hydrogen-bond acceptors (Lipinski definition) is 3. The molecule has 7 heteroatoms. The van der Waals surface area contributed by atoms with Gasteiger partial charge in [0.15, 0.2) is 12.0 Å². The van der Waals surface area contributed by atoms with Crippen molar-refractivity contribution in [1.82, 2.24) is 24.3 Å². The summed E-state index contributed by atoms with van der Waals surface area (Å²) in [4.78, 5) is 8.18. The molecule has 3 aromatic rings. The molecule has 0 spiro atoms. The molecule has 3 heterocycles. The number of alkyl halides is 1. The Morgan fingerprint density at radius 1 is 1.24 bits per heavy atom. The lowest BCUT2D eigenvalue weighted by Crippen LogP contribution is -2.08. The minimum absolute atomic E-state index is 0.139. The Morgan fingerprint density at radius 3 is 2.76 bits per heavy atom. The fourth-order valence-electron chi connectivity index (χ4n) is 2.66. The predicted molar refractivity (Wildman–Crippen MR) is 75.2 cm³/mol. The van der Waals surface area contributed by atoms with Crippen molar-refractivity contribution >= 4 is 11.6 Å². The second-order valence-electron chi connectivity index (χ2n) is 4.91. The second-order valence-corrected chi connectivity index (χ2v) is 5.25. The Morgan fingerprint density at radius 2 is 2.05 bits per heavy atom. The highest BCUT2D eigenvalue weighted by atomic mass is 35.5. The standard InChI is InChI=1S/C14H11ClFN5/c15-13-17-6-7-20(13)14-18-12-10(16)8-11(21(12)19-14)9-4-2-1-3-5-9/h1-7,10-11H,8H2. The Bertz CT molecular complexity index is 782. The van der Waals surface area contributed by atoms with Gasteiger partial charge in [0.2, 0.25) is 5.28 Å². The van der Waals surface area contributed by atoms with Crippen molar-refractivity contribution in [2.45, 2.75) is 18.6 Å². The second kappa shape index (κ2) is 4.66. The van der Waals surface area contributed by atoms with E-state index in [4.69, 9.17) is 11.6 Å². The van der Waals surface area contributed by atoms with Crippen molar-refractivity contribution in [3.63, 3.8) is 0 Å². The molecule has 21 heavy (non-hydrogen) atoms. The lowest BCUT2D eigenvalue weighted by Gasteiger charge is -2.11. The molecule has 0 radical (unpaired) electrons. The van der Waals surface area contributed by atoms with Gasteiger partial charge < -0.3 is 0 Å². The molecule has 5 nitrogen and oxygen atoms in total. The summed E-state index contributed by atoms with van der Waals surface area (Å²) >= 11 is 5.96. The van der Waals surface area contributed by atoms with Gasteiger partial charge >= 0.3 is 0 Å². The van der Waals surface area contributed by atoms with Gasteiger partial charge in [-0.3, -0.25) is 4.57 Å². The van der Waals surface area contributed by atoms with Gasteiger partial charge in [-0.1, -0.05) is 30.3 Å². The molecule has 1 aromatic carbocycles. The first-order valence-corrected chi connectivity index (χ1v) is 6.96. The summed E-state index contributed by atoms with van der Waals surface area (Å²) in [5, 5.41) is 4.66. The van der Waals surface area contributed by atoms with Gasteiger partial charge in [-0.25, -0.2) is 14.1 Å². The molecule has 0 saturated carbocycles. The van der Waals surface area contributed by atoms with Crippen LogP contribution in [0.1, 0.15) is 30.0 Å². The van der Waals surface area contributed by atoms with Gasteiger partial charge in [-0.05, 0) is 17.2 Å². The minimum Gasteiger partial charge on any atom is -0.257 e. The maximum Gasteiger partial charge on any atom is 0.255 e. The Labute approximate surface area is 125 Å². The van der Waals surface area contributed by atoms with Crippen LogP contribution >= 0.6 is 11.6 Å². The predicted octanol–water partition coefficient (Wildman–Crippen LogP) is 3.12. The maximum absolute atomic E-state index is 14.2. The van der Waals surface area contributed by atoms with Gasteiger partial charge in [-0.2, -0.15) is 4.98 Å². The number of halogens is 2. The first-order chi connectivity index (χ1) is 10.2. The van der Waals surface area contributed by atoms with Crippen molar-refractivity contribution in [3.05, 3.63) is 59.4 Å². The first-order valence-electron chi connectivity index (χ1n) is 6.58. The number of fused-ring (bicyclic) bond motifs is 1. The van der Waals surface area contributed by atoms with Crippen molar-refractivity contribution in [2.75, 3.05) is 0 Å². The van der Waals surface area contributed by atoms with Crippen LogP contribution < -0.4 is 0 Å². The van der Waals surface area contributed by atoms with Crippen LogP contribution in [0, 0.1) is 0 Å². The van der Waals surface area contributed by atoms with E-state index >= 15 is 0 Å². The molecule has 0 fully saturated rings. The number of imidazole rings is 1. The summed E-state index contributed by atoms with van der Waals surface area (Å²) in [7, 11) is 0. The number of hydrogen-bond donors (Lipinski definition) is 0. The molecule has 0 bridgehead atoms. The van der Waals surface area contributed by atoms with E-state index in [1.54, 1.807) is 17.1 Å². The third kappa shape index (κ3) is 1.94. The van der Waals surface area contributed by atoms with Crippen LogP contribution in [0.4, 0.5) is 4.39 Å². The lowest BCUT2D eigenvalue weighted by molar-refractivity contribution is 0.328. The van der Waals surface area contributed by atoms with Gasteiger partial charge in [-0.15, -0.1) is 5.10 Å². The Hall–Kier alpha value is -2.21. The van der Waals surface area contributed by atoms with E-state index < -0.39 is 6.17 Å². The van der Waals surface area contributed by atoms with Crippen molar-refractivity contribution < 1.29 is 4.39 Å². The van der Waals surface area contributed by atoms with E-state index in [1.165, 1.54) is 4.57 Å². The van der Waals surface area contributed by atoms with Crippen LogP contribution in [0.15, 0.2) is 42.7 Å². The van der Waals surface area contributed by atoms with Crippen molar-refractivity contribution in [3.8, 4) is 5.95 Å². The van der Waals surface area contributed by atoms with Crippen LogP contribution in [0.2, 0.25) is 5.28 Å². The summed E-state index contributed by atoms with van der Waals surface area (Å²) in [6.07, 6.45) is 2.43. The fraction of sp³-hybridized carbons (Fsp3) is 0.214. The fourth-order valence-corrected chi connectivity index (χ4v) is 2.85. The number of benzene rings is 1. The summed E-state index contributed by atoms with van der Waals surface area (Å²) < 4.78 is 17.4. The zero-order valence-corrected chi connectivity index (χ0v) is 11.7. The minimum atomic E-state index is -1.13. The summed E-state index contributed by atoms with van der Waals surface area (Å²) in [5.74, 6) is 0.680. The monoisotopic (exact) mass is 303 g/mol. The molecule has 2 unspecified atom stereocenters. The van der Waals surface area contributed by atoms with Gasteiger partial charge in [0.25, 0.3) is 5.95 Å². The topological polar surface area (TPSA) is 48.5 Å². The molecule has 0 saturated heterocycles. The van der Waals surface area contributed by atoms with Gasteiger partial charge in [0.05, 0.1) is 6.04 Å². The zero-order chi connectivity index (χ0) is 14.4. The number of aromatic nitrogens is 5. The normalized spacial score (nSPS) is 20.7. The van der Waals surface area contributed by atoms with E-state index in [0.29, 0.717) is 18.2 Å². The first kappa shape index (κ1) is 12.5. The highest BCUT2D eigenvalue weighted by Gasteiger charge is 2.35. The zero-order valence-electron chi connectivity index (χ0n) is 10.9. The van der Waals surface area contributed by atoms with Gasteiger partial charge in [0.1, 0.15) is 0 Å². The van der Waals surface area contributed by atoms with Gasteiger partial charge in [0, 0.05) is 18.8 Å². The molecule has 0 amide bonds. The van der Waals surface area contributed by atoms with Crippen LogP contribution in [0.3, 0.4) is 0 Å². The van der Waals surface area contributed by atoms with E-state index in [2.05, 4.69) is 15.1 Å². The quantitative estimate of drug-likeness (QED) is 0.731. The average Bonchev–Trinajstić information content (AvgIpc) is 3.17. The summed E-state index contributed by atoms with van der Waals surface area (Å²) in [6, 6.07) is 9.61. The van der Waals surface area contributed by atoms with Crippen molar-refractivity contribution in [1.29, 1.82) is 0 Å². The SMILES string of the molecule is FC1CC(c2ccccc2)n2nc(-n3ccnc3Cl)nc21. The molecule has 1 aliphatic rings. The molecular weight excluding hydrogens is 293 g/mol. The molecule has 0 aliphatic carbocycles. The number of rotatable bonds is 2. The van der Waals surface area contributed by atoms with E-state index in [9.17, 15) is 4.39 Å². The highest BCUT2D eigenvalue weighted by Crippen LogP contribution is 2.39. The largest absolute Gasteiger partial charge is 0.257 e. The van der Waals surface area contributed by atoms with E-state index in [-0.39, 0.29) is 11.3 Å². The van der Waals surface area contributed by atoms with E-state index in [1.807, 2.05) is 30.3 Å². The maximum atomic E-state index is 14.2. The van der Waals surface area contributed by atoms with Crippen LogP contribution in [0.5, 0.6) is 0 Å². The molecule has 0 N–H and O–H groups in total. The lowest BCUT2D eigenvalue weighted by atomic mass is 10.0. The van der Waals surface area contributed by atoms with Crippen LogP contribution in [-0.2, 0) is 0 Å². The average molecular weight is 304 g/mol. The van der Waals surface area contributed by atoms with Crippen LogP contribution in [-0.4, -0.2) is 24.3 Å². The molecule has 106 valence electrons. The van der Waals surface area contributed by atoms with Crippen molar-refractivity contribution in [2.24, 2.45) is 0 Å². The van der Waals surface area contributed by atoms with E-state index in [0.717, 1.165) is 5.56 Å². The third-order valence-electron chi connectivity index (χ3n) is 3.65. The third-order valence-corrected chi connectivity index (χ3v) is 3.93. The summed E-state index contributed by atoms with van der Waals surface area (Å²) in [5.41, 5.74) is 1.02.